The van der Waals surface area contributed by atoms with E-state index < -0.39 is 0 Å². The van der Waals surface area contributed by atoms with Crippen molar-refractivity contribution in [3.05, 3.63) is 34.7 Å². The van der Waals surface area contributed by atoms with Gasteiger partial charge in [-0.1, -0.05) is 0 Å². The summed E-state index contributed by atoms with van der Waals surface area (Å²) in [4.78, 5) is 7.91. The van der Waals surface area contributed by atoms with Crippen LogP contribution < -0.4 is 10.2 Å². The summed E-state index contributed by atoms with van der Waals surface area (Å²) >= 11 is 1.73. The van der Waals surface area contributed by atoms with Gasteiger partial charge in [0.2, 0.25) is 0 Å². The Kier molecular flexibility index (Phi) is 4.50. The quantitative estimate of drug-likeness (QED) is 0.915. The Morgan fingerprint density at radius 2 is 2.15 bits per heavy atom. The van der Waals surface area contributed by atoms with E-state index in [-0.39, 0.29) is 5.54 Å². The van der Waals surface area contributed by atoms with E-state index in [0.29, 0.717) is 0 Å². The van der Waals surface area contributed by atoms with Crippen LogP contribution in [-0.2, 0) is 13.1 Å². The summed E-state index contributed by atoms with van der Waals surface area (Å²) in [6, 6.07) is 2.02. The van der Waals surface area contributed by atoms with Crippen molar-refractivity contribution in [3.63, 3.8) is 0 Å². The first-order valence-corrected chi connectivity index (χ1v) is 7.60. The zero-order valence-corrected chi connectivity index (χ0v) is 13.7. The van der Waals surface area contributed by atoms with Crippen LogP contribution in [0.15, 0.2) is 22.9 Å². The van der Waals surface area contributed by atoms with Gasteiger partial charge in [-0.15, -0.1) is 11.3 Å². The predicted octanol–water partition coefficient (Wildman–Crippen LogP) is 3.57. The molecule has 0 fully saturated rings. The van der Waals surface area contributed by atoms with Crippen molar-refractivity contribution in [3.8, 4) is 0 Å². The van der Waals surface area contributed by atoms with E-state index in [4.69, 9.17) is 4.42 Å². The van der Waals surface area contributed by atoms with Crippen molar-refractivity contribution in [2.45, 2.75) is 46.3 Å². The van der Waals surface area contributed by atoms with Gasteiger partial charge in [0.05, 0.1) is 6.26 Å². The van der Waals surface area contributed by atoms with Crippen LogP contribution in [0.25, 0.3) is 0 Å². The highest BCUT2D eigenvalue weighted by molar-refractivity contribution is 7.15. The molecule has 2 rings (SSSR count). The molecule has 0 aliphatic carbocycles. The molecule has 2 aromatic rings. The normalized spacial score (nSPS) is 11.8. The number of nitrogens with zero attached hydrogens (tertiary/aromatic N) is 2. The molecule has 1 N–H and O–H groups in total. The summed E-state index contributed by atoms with van der Waals surface area (Å²) in [6.45, 7) is 10.2. The van der Waals surface area contributed by atoms with Crippen molar-refractivity contribution in [2.75, 3.05) is 11.9 Å². The molecule has 0 amide bonds. The van der Waals surface area contributed by atoms with Crippen LogP contribution in [0.2, 0.25) is 0 Å². The Bertz CT molecular complexity index is 553. The highest BCUT2D eigenvalue weighted by Crippen LogP contribution is 2.24. The minimum Gasteiger partial charge on any atom is -0.469 e. The fourth-order valence-electron chi connectivity index (χ4n) is 1.81. The maximum atomic E-state index is 5.33. The summed E-state index contributed by atoms with van der Waals surface area (Å²) in [5.74, 6) is 0.975. The van der Waals surface area contributed by atoms with Crippen LogP contribution in [-0.4, -0.2) is 17.6 Å². The first-order valence-electron chi connectivity index (χ1n) is 6.79. The summed E-state index contributed by atoms with van der Waals surface area (Å²) in [5.41, 5.74) is 1.33. The van der Waals surface area contributed by atoms with Crippen LogP contribution in [0, 0.1) is 6.92 Å². The minimum absolute atomic E-state index is 0.129. The second-order valence-corrected chi connectivity index (χ2v) is 7.16. The third-order valence-corrected chi connectivity index (χ3v) is 4.15. The zero-order valence-electron chi connectivity index (χ0n) is 12.9. The lowest BCUT2D eigenvalue weighted by atomic mass is 10.1. The lowest BCUT2D eigenvalue weighted by molar-refractivity contribution is 0.426. The molecule has 0 bridgehead atoms. The van der Waals surface area contributed by atoms with E-state index in [1.54, 1.807) is 17.6 Å². The van der Waals surface area contributed by atoms with Gasteiger partial charge in [-0.05, 0) is 33.8 Å². The van der Waals surface area contributed by atoms with E-state index in [9.17, 15) is 0 Å². The molecule has 0 aliphatic heterocycles. The van der Waals surface area contributed by atoms with Gasteiger partial charge in [-0.25, -0.2) is 4.98 Å². The second-order valence-electron chi connectivity index (χ2n) is 6.07. The van der Waals surface area contributed by atoms with E-state index in [1.807, 2.05) is 19.2 Å². The number of rotatable bonds is 5. The Balaban J connectivity index is 1.96. The van der Waals surface area contributed by atoms with Crippen LogP contribution in [0.5, 0.6) is 0 Å². The first kappa shape index (κ1) is 15.1. The van der Waals surface area contributed by atoms with Crippen molar-refractivity contribution in [1.82, 2.24) is 10.3 Å². The topological polar surface area (TPSA) is 41.3 Å². The molecule has 0 saturated heterocycles. The second kappa shape index (κ2) is 5.97. The molecular weight excluding hydrogens is 270 g/mol. The monoisotopic (exact) mass is 293 g/mol. The van der Waals surface area contributed by atoms with Crippen LogP contribution in [0.4, 0.5) is 5.13 Å². The molecule has 0 radical (unpaired) electrons. The number of aromatic nitrogens is 1. The van der Waals surface area contributed by atoms with E-state index >= 15 is 0 Å². The summed E-state index contributed by atoms with van der Waals surface area (Å²) < 4.78 is 5.33. The smallest absolute Gasteiger partial charge is 0.185 e. The van der Waals surface area contributed by atoms with Gasteiger partial charge in [-0.2, -0.15) is 0 Å². The Hall–Kier alpha value is -1.33. The van der Waals surface area contributed by atoms with Crippen molar-refractivity contribution in [2.24, 2.45) is 0 Å². The number of hydrogen-bond acceptors (Lipinski definition) is 5. The van der Waals surface area contributed by atoms with Crippen LogP contribution in [0.1, 0.15) is 37.0 Å². The number of aryl methyl sites for hydroxylation is 1. The zero-order chi connectivity index (χ0) is 14.8. The average molecular weight is 293 g/mol. The third-order valence-electron chi connectivity index (χ3n) is 3.03. The predicted molar refractivity (Wildman–Crippen MR) is 84.3 cm³/mol. The van der Waals surface area contributed by atoms with Crippen LogP contribution in [0.3, 0.4) is 0 Å². The van der Waals surface area contributed by atoms with E-state index in [2.05, 4.69) is 43.0 Å². The third kappa shape index (κ3) is 4.08. The van der Waals surface area contributed by atoms with Gasteiger partial charge in [-0.3, -0.25) is 0 Å². The van der Waals surface area contributed by atoms with Gasteiger partial charge >= 0.3 is 0 Å². The molecular formula is C15H23N3OS. The number of furan rings is 1. The molecule has 4 nitrogen and oxygen atoms in total. The highest BCUT2D eigenvalue weighted by Gasteiger charge is 2.12. The van der Waals surface area contributed by atoms with Gasteiger partial charge < -0.3 is 14.6 Å². The summed E-state index contributed by atoms with van der Waals surface area (Å²) in [6.07, 6.45) is 3.69. The Labute approximate surface area is 124 Å². The maximum Gasteiger partial charge on any atom is 0.185 e. The summed E-state index contributed by atoms with van der Waals surface area (Å²) in [7, 11) is 2.06. The van der Waals surface area contributed by atoms with Crippen molar-refractivity contribution in [1.29, 1.82) is 0 Å². The maximum absolute atomic E-state index is 5.33. The van der Waals surface area contributed by atoms with Gasteiger partial charge in [0, 0.05) is 42.3 Å². The molecule has 0 aliphatic rings. The van der Waals surface area contributed by atoms with E-state index in [1.165, 1.54) is 10.4 Å². The molecule has 2 aromatic heterocycles. The van der Waals surface area contributed by atoms with E-state index in [0.717, 1.165) is 24.0 Å². The Morgan fingerprint density at radius 3 is 2.75 bits per heavy atom. The number of thiazole rings is 1. The SMILES string of the molecule is Cc1occc1CN(C)c1ncc(CNC(C)(C)C)s1. The molecule has 5 heteroatoms. The fourth-order valence-corrected chi connectivity index (χ4v) is 2.62. The molecule has 0 saturated carbocycles. The van der Waals surface area contributed by atoms with Crippen molar-refractivity contribution < 1.29 is 4.42 Å². The van der Waals surface area contributed by atoms with Crippen LogP contribution >= 0.6 is 11.3 Å². The Morgan fingerprint density at radius 1 is 1.40 bits per heavy atom. The van der Waals surface area contributed by atoms with Gasteiger partial charge in [0.25, 0.3) is 0 Å². The van der Waals surface area contributed by atoms with Gasteiger partial charge in [0.15, 0.2) is 5.13 Å². The fraction of sp³-hybridized carbons (Fsp3) is 0.533. The number of hydrogen-bond donors (Lipinski definition) is 1. The first-order chi connectivity index (χ1) is 9.35. The molecule has 0 atom stereocenters. The molecule has 0 spiro atoms. The lowest BCUT2D eigenvalue weighted by Gasteiger charge is -2.19. The molecule has 110 valence electrons. The van der Waals surface area contributed by atoms with Gasteiger partial charge in [0.1, 0.15) is 5.76 Å². The molecule has 20 heavy (non-hydrogen) atoms. The highest BCUT2D eigenvalue weighted by atomic mass is 32.1. The largest absolute Gasteiger partial charge is 0.469 e. The number of nitrogens with one attached hydrogen (secondary N) is 1. The van der Waals surface area contributed by atoms with Crippen molar-refractivity contribution >= 4 is 16.5 Å². The number of anilines is 1. The summed E-state index contributed by atoms with van der Waals surface area (Å²) in [5, 5.41) is 4.52. The molecule has 0 aromatic carbocycles. The minimum atomic E-state index is 0.129. The lowest BCUT2D eigenvalue weighted by Crippen LogP contribution is -2.34. The molecule has 2 heterocycles. The average Bonchev–Trinajstić information content (AvgIpc) is 2.96. The molecule has 0 unspecified atom stereocenters. The standard InChI is InChI=1S/C15H23N3OS/c1-11-12(6-7-19-11)10-18(5)14-16-8-13(20-14)9-17-15(2,3)4/h6-8,17H,9-10H2,1-5H3.